The number of hydrogen-bond donors (Lipinski definition) is 0. The first-order valence-electron chi connectivity index (χ1n) is 5.08. The van der Waals surface area contributed by atoms with Gasteiger partial charge < -0.3 is 4.74 Å². The molecular weight excluding hydrogens is 386 g/mol. The second kappa shape index (κ2) is 6.04. The minimum atomic E-state index is -0.309. The summed E-state index contributed by atoms with van der Waals surface area (Å²) in [4.78, 5) is 0. The van der Waals surface area contributed by atoms with Gasteiger partial charge >= 0.3 is 0 Å². The summed E-state index contributed by atoms with van der Waals surface area (Å²) in [6, 6.07) is 9.86. The van der Waals surface area contributed by atoms with Gasteiger partial charge in [-0.2, -0.15) is 0 Å². The first-order chi connectivity index (χ1) is 8.56. The van der Waals surface area contributed by atoms with Crippen molar-refractivity contribution in [2.24, 2.45) is 0 Å². The molecule has 1 nitrogen and oxygen atoms in total. The van der Waals surface area contributed by atoms with Crippen LogP contribution in [0.15, 0.2) is 45.3 Å². The van der Waals surface area contributed by atoms with Crippen LogP contribution >= 0.6 is 43.5 Å². The highest BCUT2D eigenvalue weighted by Gasteiger charge is 2.05. The molecule has 0 aromatic heterocycles. The van der Waals surface area contributed by atoms with E-state index in [2.05, 4.69) is 31.9 Å². The molecule has 0 heterocycles. The predicted molar refractivity (Wildman–Crippen MR) is 77.6 cm³/mol. The Labute approximate surface area is 126 Å². The van der Waals surface area contributed by atoms with Crippen LogP contribution in [-0.4, -0.2) is 0 Å². The SMILES string of the molecule is Fc1ccc(OCc2ccc(Br)cc2Cl)c(Br)c1. The molecule has 0 unspecified atom stereocenters. The third kappa shape index (κ3) is 3.46. The molecule has 0 amide bonds. The highest BCUT2D eigenvalue weighted by Crippen LogP contribution is 2.28. The van der Waals surface area contributed by atoms with E-state index >= 15 is 0 Å². The van der Waals surface area contributed by atoms with Gasteiger partial charge in [0.2, 0.25) is 0 Å². The Kier molecular flexibility index (Phi) is 4.65. The summed E-state index contributed by atoms with van der Waals surface area (Å²) in [6.45, 7) is 0.330. The van der Waals surface area contributed by atoms with Gasteiger partial charge in [0.15, 0.2) is 0 Å². The predicted octanol–water partition coefficient (Wildman–Crippen LogP) is 5.58. The normalized spacial score (nSPS) is 10.4. The van der Waals surface area contributed by atoms with Crippen molar-refractivity contribution in [2.75, 3.05) is 0 Å². The van der Waals surface area contributed by atoms with Crippen LogP contribution in [-0.2, 0) is 6.61 Å². The first-order valence-corrected chi connectivity index (χ1v) is 7.04. The topological polar surface area (TPSA) is 9.23 Å². The van der Waals surface area contributed by atoms with Crippen molar-refractivity contribution in [1.29, 1.82) is 0 Å². The van der Waals surface area contributed by atoms with Crippen LogP contribution in [0, 0.1) is 5.82 Å². The van der Waals surface area contributed by atoms with Crippen LogP contribution in [0.2, 0.25) is 5.02 Å². The van der Waals surface area contributed by atoms with Gasteiger partial charge in [0.1, 0.15) is 18.2 Å². The van der Waals surface area contributed by atoms with Gasteiger partial charge in [-0.05, 0) is 46.3 Å². The molecular formula is C13H8Br2ClFO. The van der Waals surface area contributed by atoms with E-state index < -0.39 is 0 Å². The lowest BCUT2D eigenvalue weighted by Gasteiger charge is -2.09. The van der Waals surface area contributed by atoms with Crippen molar-refractivity contribution in [3.8, 4) is 5.75 Å². The standard InChI is InChI=1S/C13H8Br2ClFO/c14-9-2-1-8(12(16)5-9)7-18-13-4-3-10(17)6-11(13)15/h1-6H,7H2. The summed E-state index contributed by atoms with van der Waals surface area (Å²) in [7, 11) is 0. The highest BCUT2D eigenvalue weighted by molar-refractivity contribution is 9.10. The fourth-order valence-corrected chi connectivity index (χ4v) is 2.58. The summed E-state index contributed by atoms with van der Waals surface area (Å²) in [5.41, 5.74) is 0.871. The van der Waals surface area contributed by atoms with Crippen molar-refractivity contribution in [2.45, 2.75) is 6.61 Å². The van der Waals surface area contributed by atoms with E-state index in [4.69, 9.17) is 16.3 Å². The Morgan fingerprint density at radius 3 is 2.56 bits per heavy atom. The molecule has 94 valence electrons. The van der Waals surface area contributed by atoms with Crippen LogP contribution < -0.4 is 4.74 Å². The average Bonchev–Trinajstić information content (AvgIpc) is 2.30. The van der Waals surface area contributed by atoms with Crippen LogP contribution in [0.4, 0.5) is 4.39 Å². The number of hydrogen-bond acceptors (Lipinski definition) is 1. The van der Waals surface area contributed by atoms with Gasteiger partial charge in [-0.25, -0.2) is 4.39 Å². The Morgan fingerprint density at radius 1 is 1.11 bits per heavy atom. The van der Waals surface area contributed by atoms with Gasteiger partial charge in [-0.3, -0.25) is 0 Å². The Morgan fingerprint density at radius 2 is 1.89 bits per heavy atom. The van der Waals surface area contributed by atoms with Crippen molar-refractivity contribution < 1.29 is 9.13 Å². The lowest BCUT2D eigenvalue weighted by molar-refractivity contribution is 0.304. The van der Waals surface area contributed by atoms with E-state index in [9.17, 15) is 4.39 Å². The number of benzene rings is 2. The fourth-order valence-electron chi connectivity index (χ4n) is 1.39. The first kappa shape index (κ1) is 13.8. The van der Waals surface area contributed by atoms with Crippen LogP contribution in [0.25, 0.3) is 0 Å². The molecule has 0 bridgehead atoms. The van der Waals surface area contributed by atoms with Crippen LogP contribution in [0.3, 0.4) is 0 Å². The van der Waals surface area contributed by atoms with E-state index in [1.54, 1.807) is 12.1 Å². The summed E-state index contributed by atoms with van der Waals surface area (Å²) in [5, 5.41) is 0.627. The second-order valence-corrected chi connectivity index (χ2v) is 5.78. The summed E-state index contributed by atoms with van der Waals surface area (Å²) in [6.07, 6.45) is 0. The monoisotopic (exact) mass is 392 g/mol. The lowest BCUT2D eigenvalue weighted by atomic mass is 10.2. The van der Waals surface area contributed by atoms with Gasteiger partial charge in [-0.15, -0.1) is 0 Å². The summed E-state index contributed by atoms with van der Waals surface area (Å²) >= 11 is 12.7. The largest absolute Gasteiger partial charge is 0.488 e. The molecule has 0 fully saturated rings. The van der Waals surface area contributed by atoms with Crippen molar-refractivity contribution in [3.05, 3.63) is 61.7 Å². The van der Waals surface area contributed by atoms with Gasteiger partial charge in [0.25, 0.3) is 0 Å². The molecule has 0 atom stereocenters. The van der Waals surface area contributed by atoms with Crippen LogP contribution in [0.5, 0.6) is 5.75 Å². The molecule has 2 aromatic carbocycles. The summed E-state index contributed by atoms with van der Waals surface area (Å²) in [5.74, 6) is 0.270. The third-order valence-corrected chi connectivity index (χ3v) is 3.76. The molecule has 18 heavy (non-hydrogen) atoms. The third-order valence-electron chi connectivity index (χ3n) is 2.29. The lowest BCUT2D eigenvalue weighted by Crippen LogP contribution is -1.97. The smallest absolute Gasteiger partial charge is 0.134 e. The Bertz CT molecular complexity index is 523. The fraction of sp³-hybridized carbons (Fsp3) is 0.0769. The second-order valence-electron chi connectivity index (χ2n) is 3.60. The van der Waals surface area contributed by atoms with Gasteiger partial charge in [0.05, 0.1) is 4.47 Å². The zero-order valence-corrected chi connectivity index (χ0v) is 13.0. The van der Waals surface area contributed by atoms with Gasteiger partial charge in [0, 0.05) is 15.1 Å². The van der Waals surface area contributed by atoms with E-state index in [1.807, 2.05) is 12.1 Å². The van der Waals surface area contributed by atoms with Crippen LogP contribution in [0.1, 0.15) is 5.56 Å². The Balaban J connectivity index is 2.11. The maximum absolute atomic E-state index is 12.9. The zero-order chi connectivity index (χ0) is 13.1. The van der Waals surface area contributed by atoms with Crippen molar-refractivity contribution in [1.82, 2.24) is 0 Å². The average molecular weight is 394 g/mol. The zero-order valence-electron chi connectivity index (χ0n) is 9.09. The van der Waals surface area contributed by atoms with Crippen molar-refractivity contribution in [3.63, 3.8) is 0 Å². The highest BCUT2D eigenvalue weighted by atomic mass is 79.9. The number of rotatable bonds is 3. The summed E-state index contributed by atoms with van der Waals surface area (Å²) < 4.78 is 20.0. The molecule has 0 aliphatic heterocycles. The molecule has 0 saturated carbocycles. The molecule has 0 N–H and O–H groups in total. The minimum Gasteiger partial charge on any atom is -0.488 e. The molecule has 2 aromatic rings. The number of halogens is 4. The molecule has 0 spiro atoms. The minimum absolute atomic E-state index is 0.309. The van der Waals surface area contributed by atoms with E-state index in [0.717, 1.165) is 10.0 Å². The van der Waals surface area contributed by atoms with E-state index in [-0.39, 0.29) is 5.82 Å². The molecule has 0 aliphatic carbocycles. The van der Waals surface area contributed by atoms with Crippen molar-refractivity contribution >= 4 is 43.5 Å². The molecule has 0 aliphatic rings. The molecule has 5 heteroatoms. The Hall–Kier alpha value is -0.580. The molecule has 0 saturated heterocycles. The van der Waals surface area contributed by atoms with E-state index in [0.29, 0.717) is 21.9 Å². The molecule has 2 rings (SSSR count). The van der Waals surface area contributed by atoms with E-state index in [1.165, 1.54) is 12.1 Å². The quantitative estimate of drug-likeness (QED) is 0.660. The van der Waals surface area contributed by atoms with Gasteiger partial charge in [-0.1, -0.05) is 33.6 Å². The maximum Gasteiger partial charge on any atom is 0.134 e. The molecule has 0 radical (unpaired) electrons. The maximum atomic E-state index is 12.9. The number of ether oxygens (including phenoxy) is 1.